The first kappa shape index (κ1) is 30.1. The van der Waals surface area contributed by atoms with Crippen molar-refractivity contribution in [2.45, 2.75) is 31.4 Å². The summed E-state index contributed by atoms with van der Waals surface area (Å²) in [5, 5.41) is 14.1. The molecule has 2 heterocycles. The number of nitrogens with zero attached hydrogens (tertiary/aromatic N) is 3. The van der Waals surface area contributed by atoms with Crippen LogP contribution < -0.4 is 10.6 Å². The Hall–Kier alpha value is -5.41. The van der Waals surface area contributed by atoms with E-state index in [4.69, 9.17) is 9.15 Å². The molecule has 0 spiro atoms. The Morgan fingerprint density at radius 1 is 1.11 bits per heavy atom. The number of carbonyl (C=O) groups excluding carboxylic acids is 3. The van der Waals surface area contributed by atoms with Gasteiger partial charge in [-0.3, -0.25) is 14.5 Å². The number of amidine groups is 1. The van der Waals surface area contributed by atoms with Crippen molar-refractivity contribution in [1.82, 2.24) is 10.2 Å². The fourth-order valence-corrected chi connectivity index (χ4v) is 5.44. The summed E-state index contributed by atoms with van der Waals surface area (Å²) in [6.45, 7) is 1.73. The number of aliphatic imine (C=N–C) groups is 1. The van der Waals surface area contributed by atoms with Crippen molar-refractivity contribution in [3.05, 3.63) is 119 Å². The van der Waals surface area contributed by atoms with Crippen molar-refractivity contribution in [2.24, 2.45) is 4.99 Å². The lowest BCUT2D eigenvalue weighted by atomic mass is 10.1. The van der Waals surface area contributed by atoms with Crippen molar-refractivity contribution >= 4 is 46.2 Å². The molecule has 222 valence electrons. The Balaban J connectivity index is 1.25. The monoisotopic (exact) mass is 611 g/mol. The Bertz CT molecular complexity index is 1720. The van der Waals surface area contributed by atoms with Gasteiger partial charge in [0.25, 0.3) is 0 Å². The number of nitriles is 1. The van der Waals surface area contributed by atoms with Crippen LogP contribution in [0.2, 0.25) is 0 Å². The average Bonchev–Trinajstić information content (AvgIpc) is 3.65. The smallest absolute Gasteiger partial charge is 0.408 e. The van der Waals surface area contributed by atoms with Crippen molar-refractivity contribution in [1.29, 1.82) is 5.26 Å². The lowest BCUT2D eigenvalue weighted by molar-refractivity contribution is -0.126. The minimum Gasteiger partial charge on any atom is -0.467 e. The first-order chi connectivity index (χ1) is 21.3. The van der Waals surface area contributed by atoms with E-state index < -0.39 is 29.1 Å². The molecular weight excluding hydrogens is 585 g/mol. The largest absolute Gasteiger partial charge is 0.467 e. The van der Waals surface area contributed by atoms with Crippen LogP contribution in [0, 0.1) is 17.1 Å². The number of thioether (sulfide) groups is 1. The minimum atomic E-state index is -0.872. The predicted octanol–water partition coefficient (Wildman–Crippen LogP) is 6.05. The van der Waals surface area contributed by atoms with E-state index in [0.717, 1.165) is 11.6 Å². The lowest BCUT2D eigenvalue weighted by Gasteiger charge is -2.16. The van der Waals surface area contributed by atoms with Gasteiger partial charge in [-0.25, -0.2) is 14.2 Å². The minimum absolute atomic E-state index is 0.0783. The molecule has 44 heavy (non-hydrogen) atoms. The van der Waals surface area contributed by atoms with Gasteiger partial charge in [0.1, 0.15) is 29.5 Å². The normalized spacial score (nSPS) is 15.9. The second-order valence-electron chi connectivity index (χ2n) is 9.74. The number of rotatable bonds is 9. The molecule has 1 aliphatic heterocycles. The second-order valence-corrected chi connectivity index (χ2v) is 10.8. The van der Waals surface area contributed by atoms with Gasteiger partial charge in [-0.1, -0.05) is 54.2 Å². The Labute approximate surface area is 256 Å². The highest BCUT2D eigenvalue weighted by molar-refractivity contribution is 8.15. The van der Waals surface area contributed by atoms with E-state index in [-0.39, 0.29) is 30.3 Å². The summed E-state index contributed by atoms with van der Waals surface area (Å²) in [7, 11) is 0. The fourth-order valence-electron chi connectivity index (χ4n) is 4.27. The van der Waals surface area contributed by atoms with E-state index in [2.05, 4.69) is 15.6 Å². The number of carbonyl (C=O) groups is 3. The standard InChI is InChI=1S/C32H26FN5O5S/c1-20(35-32(41)43-19-21-6-3-2-4-7-21)29(39)36-25-11-9-23(10-12-25)28-30(40)38(18-27-8-5-13-42-27)31(44-28)37-26-15-22(17-34)14-24(33)16-26/h2-16,20,28H,18-19H2,1H3,(H,35,41)(H,36,39)/t20-,28?/m1/s1. The molecule has 5 rings (SSSR count). The van der Waals surface area contributed by atoms with Gasteiger partial charge >= 0.3 is 6.09 Å². The van der Waals surface area contributed by atoms with Gasteiger partial charge < -0.3 is 19.8 Å². The second kappa shape index (κ2) is 13.7. The molecule has 12 heteroatoms. The van der Waals surface area contributed by atoms with Crippen LogP contribution in [0.25, 0.3) is 0 Å². The van der Waals surface area contributed by atoms with E-state index in [1.54, 1.807) is 36.4 Å². The number of halogens is 1. The van der Waals surface area contributed by atoms with Gasteiger partial charge in [-0.15, -0.1) is 0 Å². The zero-order chi connectivity index (χ0) is 31.1. The molecule has 1 fully saturated rings. The van der Waals surface area contributed by atoms with E-state index in [0.29, 0.717) is 22.2 Å². The van der Waals surface area contributed by atoms with Crippen LogP contribution in [-0.2, 0) is 27.5 Å². The molecule has 1 aromatic heterocycles. The highest BCUT2D eigenvalue weighted by Gasteiger charge is 2.39. The van der Waals surface area contributed by atoms with Gasteiger partial charge in [-0.05, 0) is 60.5 Å². The molecule has 1 aliphatic rings. The van der Waals surface area contributed by atoms with Gasteiger partial charge in [-0.2, -0.15) is 5.26 Å². The fraction of sp³-hybridized carbons (Fsp3) is 0.156. The third-order valence-corrected chi connectivity index (χ3v) is 7.73. The van der Waals surface area contributed by atoms with Crippen LogP contribution in [0.15, 0.2) is 101 Å². The third kappa shape index (κ3) is 7.50. The van der Waals surface area contributed by atoms with E-state index >= 15 is 0 Å². The summed E-state index contributed by atoms with van der Waals surface area (Å²) >= 11 is 1.18. The van der Waals surface area contributed by atoms with Crippen LogP contribution in [0.5, 0.6) is 0 Å². The number of alkyl carbamates (subject to hydrolysis) is 1. The molecule has 0 radical (unpaired) electrons. The molecular formula is C32H26FN5O5S. The van der Waals surface area contributed by atoms with Crippen molar-refractivity contribution in [3.8, 4) is 6.07 Å². The molecule has 0 saturated carbocycles. The highest BCUT2D eigenvalue weighted by atomic mass is 32.2. The SMILES string of the molecule is C[C@@H](NC(=O)OCc1ccccc1)C(=O)Nc1ccc(C2SC(=Nc3cc(F)cc(C#N)c3)N(Cc3ccco3)C2=O)cc1. The number of benzene rings is 3. The van der Waals surface area contributed by atoms with Crippen LogP contribution in [0.3, 0.4) is 0 Å². The third-order valence-electron chi connectivity index (χ3n) is 6.50. The number of furan rings is 1. The number of ether oxygens (including phenoxy) is 1. The number of hydrogen-bond acceptors (Lipinski definition) is 8. The zero-order valence-corrected chi connectivity index (χ0v) is 24.2. The quantitative estimate of drug-likeness (QED) is 0.235. The maximum absolute atomic E-state index is 14.1. The van der Waals surface area contributed by atoms with Crippen LogP contribution >= 0.6 is 11.8 Å². The number of amides is 3. The molecule has 10 nitrogen and oxygen atoms in total. The molecule has 3 amide bonds. The molecule has 0 bridgehead atoms. The molecule has 2 N–H and O–H groups in total. The highest BCUT2D eigenvalue weighted by Crippen LogP contribution is 2.41. The molecule has 4 aromatic rings. The van der Waals surface area contributed by atoms with Gasteiger partial charge in [0.15, 0.2) is 5.17 Å². The first-order valence-electron chi connectivity index (χ1n) is 13.5. The Morgan fingerprint density at radius 2 is 1.89 bits per heavy atom. The number of anilines is 1. The van der Waals surface area contributed by atoms with Crippen LogP contribution in [0.1, 0.15) is 34.6 Å². The van der Waals surface area contributed by atoms with Crippen molar-refractivity contribution in [2.75, 3.05) is 5.32 Å². The Morgan fingerprint density at radius 3 is 2.59 bits per heavy atom. The van der Waals surface area contributed by atoms with Crippen molar-refractivity contribution in [3.63, 3.8) is 0 Å². The van der Waals surface area contributed by atoms with Crippen LogP contribution in [-0.4, -0.2) is 34.0 Å². The van der Waals surface area contributed by atoms with Crippen molar-refractivity contribution < 1.29 is 27.9 Å². The van der Waals surface area contributed by atoms with E-state index in [1.165, 1.54) is 42.0 Å². The van der Waals surface area contributed by atoms with E-state index in [9.17, 15) is 24.0 Å². The van der Waals surface area contributed by atoms with E-state index in [1.807, 2.05) is 36.4 Å². The molecule has 3 aromatic carbocycles. The number of nitrogens with one attached hydrogen (secondary N) is 2. The molecule has 1 unspecified atom stereocenters. The number of hydrogen-bond donors (Lipinski definition) is 2. The summed E-state index contributed by atoms with van der Waals surface area (Å²) in [6, 6.07) is 24.1. The zero-order valence-electron chi connectivity index (χ0n) is 23.4. The molecule has 2 atom stereocenters. The maximum Gasteiger partial charge on any atom is 0.408 e. The van der Waals surface area contributed by atoms with Gasteiger partial charge in [0, 0.05) is 5.69 Å². The summed E-state index contributed by atoms with van der Waals surface area (Å²) in [5.74, 6) is -0.788. The summed E-state index contributed by atoms with van der Waals surface area (Å²) in [6.07, 6.45) is 0.780. The lowest BCUT2D eigenvalue weighted by Crippen LogP contribution is -2.41. The van der Waals surface area contributed by atoms with Gasteiger partial charge in [0.2, 0.25) is 11.8 Å². The first-order valence-corrected chi connectivity index (χ1v) is 14.3. The van der Waals surface area contributed by atoms with Crippen LogP contribution in [0.4, 0.5) is 20.6 Å². The Kier molecular flexibility index (Phi) is 9.37. The average molecular weight is 612 g/mol. The molecule has 0 aliphatic carbocycles. The topological polar surface area (TPSA) is 137 Å². The summed E-state index contributed by atoms with van der Waals surface area (Å²) < 4.78 is 24.7. The maximum atomic E-state index is 14.1. The summed E-state index contributed by atoms with van der Waals surface area (Å²) in [5.41, 5.74) is 2.25. The predicted molar refractivity (Wildman–Crippen MR) is 162 cm³/mol. The van der Waals surface area contributed by atoms with Gasteiger partial charge in [0.05, 0.1) is 30.1 Å². The molecule has 1 saturated heterocycles. The summed E-state index contributed by atoms with van der Waals surface area (Å²) in [4.78, 5) is 44.3.